The Morgan fingerprint density at radius 3 is 2.52 bits per heavy atom. The van der Waals surface area contributed by atoms with Gasteiger partial charge in [-0.3, -0.25) is 0 Å². The number of amides is 1. The third-order valence-electron chi connectivity index (χ3n) is 4.47. The number of aliphatic hydroxyl groups is 3. The zero-order valence-corrected chi connectivity index (χ0v) is 16.2. The summed E-state index contributed by atoms with van der Waals surface area (Å²) >= 11 is 0. The lowest BCUT2D eigenvalue weighted by Gasteiger charge is -2.34. The fourth-order valence-electron chi connectivity index (χ4n) is 3.12. The first-order valence-corrected chi connectivity index (χ1v) is 9.34. The lowest BCUT2D eigenvalue weighted by atomic mass is 9.99. The average molecular weight is 381 g/mol. The van der Waals surface area contributed by atoms with Crippen molar-refractivity contribution < 1.29 is 29.6 Å². The van der Waals surface area contributed by atoms with Crippen LogP contribution in [0.15, 0.2) is 30.3 Å². The van der Waals surface area contributed by atoms with E-state index in [0.717, 1.165) is 5.56 Å². The molecule has 4 atom stereocenters. The minimum absolute atomic E-state index is 0.119. The van der Waals surface area contributed by atoms with E-state index in [0.29, 0.717) is 26.0 Å². The highest BCUT2D eigenvalue weighted by Crippen LogP contribution is 2.25. The van der Waals surface area contributed by atoms with Crippen LogP contribution in [0.2, 0.25) is 0 Å². The molecule has 0 radical (unpaired) electrons. The molecule has 0 unspecified atom stereocenters. The maximum Gasteiger partial charge on any atom is 0.410 e. The average Bonchev–Trinajstić information content (AvgIpc) is 3.09. The van der Waals surface area contributed by atoms with Gasteiger partial charge in [0.05, 0.1) is 19.3 Å². The minimum atomic E-state index is -1.42. The highest BCUT2D eigenvalue weighted by molar-refractivity contribution is 5.69. The topological polar surface area (TPSA) is 99.5 Å². The molecule has 152 valence electrons. The van der Waals surface area contributed by atoms with Crippen LogP contribution in [0.5, 0.6) is 0 Å². The summed E-state index contributed by atoms with van der Waals surface area (Å²) in [6.07, 6.45) is -3.25. The van der Waals surface area contributed by atoms with Crippen LogP contribution in [0.1, 0.15) is 39.2 Å². The Hall–Kier alpha value is -1.67. The molecule has 1 aliphatic rings. The van der Waals surface area contributed by atoms with E-state index in [2.05, 4.69) is 0 Å². The van der Waals surface area contributed by atoms with Crippen LogP contribution in [0.4, 0.5) is 4.79 Å². The Balaban J connectivity index is 1.86. The van der Waals surface area contributed by atoms with Gasteiger partial charge in [0.15, 0.2) is 0 Å². The third kappa shape index (κ3) is 6.46. The van der Waals surface area contributed by atoms with Gasteiger partial charge in [0, 0.05) is 6.54 Å². The van der Waals surface area contributed by atoms with Crippen LogP contribution in [-0.2, 0) is 16.1 Å². The highest BCUT2D eigenvalue weighted by Gasteiger charge is 2.40. The fourth-order valence-corrected chi connectivity index (χ4v) is 3.12. The second-order valence-electron chi connectivity index (χ2n) is 7.93. The summed E-state index contributed by atoms with van der Waals surface area (Å²) in [5.41, 5.74) is 0.310. The molecular formula is C20H31NO6. The van der Waals surface area contributed by atoms with Gasteiger partial charge in [0.2, 0.25) is 0 Å². The molecule has 0 aliphatic carbocycles. The molecular weight excluding hydrogens is 350 g/mol. The summed E-state index contributed by atoms with van der Waals surface area (Å²) in [4.78, 5) is 13.7. The molecule has 0 aromatic heterocycles. The minimum Gasteiger partial charge on any atom is -0.444 e. The number of rotatable bonds is 7. The van der Waals surface area contributed by atoms with Gasteiger partial charge in [0.25, 0.3) is 0 Å². The molecule has 1 aliphatic heterocycles. The molecule has 3 N–H and O–H groups in total. The quantitative estimate of drug-likeness (QED) is 0.665. The van der Waals surface area contributed by atoms with Crippen LogP contribution < -0.4 is 0 Å². The van der Waals surface area contributed by atoms with Gasteiger partial charge in [-0.25, -0.2) is 4.79 Å². The smallest absolute Gasteiger partial charge is 0.410 e. The normalized spacial score (nSPS) is 21.0. The summed E-state index contributed by atoms with van der Waals surface area (Å²) in [6, 6.07) is 8.87. The summed E-state index contributed by atoms with van der Waals surface area (Å²) in [5, 5.41) is 31.0. The molecule has 1 saturated heterocycles. The fraction of sp³-hybridized carbons (Fsp3) is 0.650. The second kappa shape index (κ2) is 9.50. The Morgan fingerprint density at radius 1 is 1.22 bits per heavy atom. The van der Waals surface area contributed by atoms with Crippen molar-refractivity contribution in [2.45, 2.75) is 70.2 Å². The number of benzene rings is 1. The Labute approximate surface area is 160 Å². The highest BCUT2D eigenvalue weighted by atomic mass is 16.6. The van der Waals surface area contributed by atoms with E-state index in [-0.39, 0.29) is 6.61 Å². The van der Waals surface area contributed by atoms with Gasteiger partial charge < -0.3 is 29.7 Å². The molecule has 1 fully saturated rings. The van der Waals surface area contributed by atoms with Crippen LogP contribution in [0.3, 0.4) is 0 Å². The predicted octanol–water partition coefficient (Wildman–Crippen LogP) is 1.69. The van der Waals surface area contributed by atoms with E-state index in [1.54, 1.807) is 20.8 Å². The number of carbonyl (C=O) groups is 1. The molecule has 2 rings (SSSR count). The van der Waals surface area contributed by atoms with Crippen molar-refractivity contribution in [2.75, 3.05) is 13.2 Å². The molecule has 0 spiro atoms. The lowest BCUT2D eigenvalue weighted by molar-refractivity contribution is -0.108. The van der Waals surface area contributed by atoms with Crippen molar-refractivity contribution in [3.8, 4) is 0 Å². The maximum absolute atomic E-state index is 12.3. The van der Waals surface area contributed by atoms with Crippen molar-refractivity contribution in [2.24, 2.45) is 0 Å². The van der Waals surface area contributed by atoms with E-state index in [4.69, 9.17) is 9.47 Å². The molecule has 0 bridgehead atoms. The number of ether oxygens (including phenoxy) is 2. The van der Waals surface area contributed by atoms with Gasteiger partial charge in [-0.1, -0.05) is 30.3 Å². The zero-order valence-electron chi connectivity index (χ0n) is 16.2. The van der Waals surface area contributed by atoms with Crippen molar-refractivity contribution >= 4 is 6.09 Å². The Morgan fingerprint density at radius 2 is 1.89 bits per heavy atom. The van der Waals surface area contributed by atoms with E-state index in [9.17, 15) is 20.1 Å². The van der Waals surface area contributed by atoms with Crippen LogP contribution in [0.25, 0.3) is 0 Å². The van der Waals surface area contributed by atoms with Gasteiger partial charge in [-0.05, 0) is 39.2 Å². The summed E-state index contributed by atoms with van der Waals surface area (Å²) in [7, 11) is 0. The van der Waals surface area contributed by atoms with Gasteiger partial charge in [-0.15, -0.1) is 0 Å². The Kier molecular flexibility index (Phi) is 7.61. The van der Waals surface area contributed by atoms with Crippen LogP contribution >= 0.6 is 0 Å². The molecule has 7 nitrogen and oxygen atoms in total. The van der Waals surface area contributed by atoms with Crippen molar-refractivity contribution in [3.63, 3.8) is 0 Å². The van der Waals surface area contributed by atoms with Crippen LogP contribution in [-0.4, -0.2) is 69.4 Å². The van der Waals surface area contributed by atoms with Crippen LogP contribution in [0, 0.1) is 0 Å². The Bertz CT molecular complexity index is 588. The van der Waals surface area contributed by atoms with Gasteiger partial charge >= 0.3 is 6.09 Å². The van der Waals surface area contributed by atoms with Crippen molar-refractivity contribution in [1.29, 1.82) is 0 Å². The molecule has 7 heteroatoms. The first kappa shape index (κ1) is 21.6. The van der Waals surface area contributed by atoms with Gasteiger partial charge in [0.1, 0.15) is 23.9 Å². The third-order valence-corrected chi connectivity index (χ3v) is 4.47. The lowest BCUT2D eigenvalue weighted by Crippen LogP contribution is -2.52. The molecule has 1 aromatic carbocycles. The molecule has 1 aromatic rings. The predicted molar refractivity (Wildman–Crippen MR) is 100 cm³/mol. The second-order valence-corrected chi connectivity index (χ2v) is 7.93. The van der Waals surface area contributed by atoms with Crippen molar-refractivity contribution in [1.82, 2.24) is 4.90 Å². The number of nitrogens with zero attached hydrogens (tertiary/aromatic N) is 1. The summed E-state index contributed by atoms with van der Waals surface area (Å²) in [6.45, 7) is 5.95. The standard InChI is InChI=1S/C20H31NO6/c1-20(2,3)27-19(25)21-11-7-10-15(21)17(23)18(24)16(22)13-26-12-14-8-5-4-6-9-14/h4-6,8-9,15-18,22-24H,7,10-13H2,1-3H3/t15-,16+,17-,18-/m0/s1. The maximum atomic E-state index is 12.3. The summed E-state index contributed by atoms with van der Waals surface area (Å²) in [5.74, 6) is 0. The van der Waals surface area contributed by atoms with Crippen molar-refractivity contribution in [3.05, 3.63) is 35.9 Å². The SMILES string of the molecule is CC(C)(C)OC(=O)N1CCC[C@H]1[C@H](O)[C@@H](O)[C@H](O)COCc1ccccc1. The zero-order chi connectivity index (χ0) is 20.0. The number of hydrogen-bond donors (Lipinski definition) is 3. The molecule has 1 amide bonds. The molecule has 0 saturated carbocycles. The van der Waals surface area contributed by atoms with E-state index in [1.165, 1.54) is 4.90 Å². The monoisotopic (exact) mass is 381 g/mol. The summed E-state index contributed by atoms with van der Waals surface area (Å²) < 4.78 is 10.8. The number of likely N-dealkylation sites (tertiary alicyclic amines) is 1. The first-order valence-electron chi connectivity index (χ1n) is 9.34. The van der Waals surface area contributed by atoms with E-state index < -0.39 is 36.0 Å². The van der Waals surface area contributed by atoms with Gasteiger partial charge in [-0.2, -0.15) is 0 Å². The number of hydrogen-bond acceptors (Lipinski definition) is 6. The molecule has 27 heavy (non-hydrogen) atoms. The van der Waals surface area contributed by atoms with E-state index in [1.807, 2.05) is 30.3 Å². The number of aliphatic hydroxyl groups excluding tert-OH is 3. The number of carbonyl (C=O) groups excluding carboxylic acids is 1. The molecule has 1 heterocycles. The van der Waals surface area contributed by atoms with E-state index >= 15 is 0 Å². The first-order chi connectivity index (χ1) is 12.7. The largest absolute Gasteiger partial charge is 0.444 e.